The predicted octanol–water partition coefficient (Wildman–Crippen LogP) is 1.63. The van der Waals surface area contributed by atoms with Crippen LogP contribution in [-0.4, -0.2) is 25.9 Å². The molecule has 0 spiro atoms. The van der Waals surface area contributed by atoms with Gasteiger partial charge in [0.05, 0.1) is 16.4 Å². The third-order valence-corrected chi connectivity index (χ3v) is 3.23. The lowest BCUT2D eigenvalue weighted by atomic mass is 10.2. The number of rotatable bonds is 4. The van der Waals surface area contributed by atoms with Gasteiger partial charge in [0.15, 0.2) is 0 Å². The van der Waals surface area contributed by atoms with Crippen molar-refractivity contribution in [2.45, 2.75) is 26.9 Å². The Kier molecular flexibility index (Phi) is 3.81. The molecule has 0 bridgehead atoms. The van der Waals surface area contributed by atoms with Crippen molar-refractivity contribution < 1.29 is 4.79 Å². The molecule has 0 fully saturated rings. The highest BCUT2D eigenvalue weighted by molar-refractivity contribution is 9.10. The quantitative estimate of drug-likeness (QED) is 0.901. The second-order valence-corrected chi connectivity index (χ2v) is 4.73. The van der Waals surface area contributed by atoms with Crippen LogP contribution < -0.4 is 5.32 Å². The molecule has 6 nitrogen and oxygen atoms in total. The highest BCUT2D eigenvalue weighted by atomic mass is 79.9. The Labute approximate surface area is 113 Å². The van der Waals surface area contributed by atoms with Crippen LogP contribution in [0.2, 0.25) is 0 Å². The van der Waals surface area contributed by atoms with Crippen LogP contribution >= 0.6 is 15.9 Å². The molecule has 0 saturated carbocycles. The van der Waals surface area contributed by atoms with Gasteiger partial charge in [-0.3, -0.25) is 14.6 Å². The fourth-order valence-corrected chi connectivity index (χ4v) is 1.96. The zero-order valence-electron chi connectivity index (χ0n) is 10.2. The van der Waals surface area contributed by atoms with Crippen molar-refractivity contribution in [1.29, 1.82) is 0 Å². The van der Waals surface area contributed by atoms with Gasteiger partial charge in [-0.1, -0.05) is 0 Å². The molecule has 2 heterocycles. The number of aromatic amines is 1. The van der Waals surface area contributed by atoms with Crippen LogP contribution in [0.1, 0.15) is 28.7 Å². The maximum Gasteiger partial charge on any atom is 0.270 e. The summed E-state index contributed by atoms with van der Waals surface area (Å²) in [5.41, 5.74) is 2.37. The van der Waals surface area contributed by atoms with Crippen molar-refractivity contribution in [2.75, 3.05) is 0 Å². The molecule has 2 aromatic rings. The zero-order valence-corrected chi connectivity index (χ0v) is 11.8. The molecule has 0 atom stereocenters. The number of amides is 1. The molecule has 7 heteroatoms. The topological polar surface area (TPSA) is 75.6 Å². The highest BCUT2D eigenvalue weighted by Crippen LogP contribution is 2.12. The van der Waals surface area contributed by atoms with Gasteiger partial charge in [0.2, 0.25) is 0 Å². The summed E-state index contributed by atoms with van der Waals surface area (Å²) in [5, 5.41) is 13.6. The SMILES string of the molecule is CCn1cc(CNC(=O)c2[nH]ncc2Br)c(C)n1. The second kappa shape index (κ2) is 5.34. The Hall–Kier alpha value is -1.63. The van der Waals surface area contributed by atoms with Crippen molar-refractivity contribution in [3.05, 3.63) is 33.8 Å². The van der Waals surface area contributed by atoms with Gasteiger partial charge in [-0.2, -0.15) is 10.2 Å². The van der Waals surface area contributed by atoms with Crippen LogP contribution in [0.4, 0.5) is 0 Å². The molecular weight excluding hydrogens is 298 g/mol. The Morgan fingerprint density at radius 1 is 1.61 bits per heavy atom. The zero-order chi connectivity index (χ0) is 13.1. The molecule has 2 aromatic heterocycles. The number of halogens is 1. The van der Waals surface area contributed by atoms with E-state index in [9.17, 15) is 4.79 Å². The molecule has 0 unspecified atom stereocenters. The third kappa shape index (κ3) is 2.61. The first-order valence-corrected chi connectivity index (χ1v) is 6.41. The first kappa shape index (κ1) is 12.8. The minimum Gasteiger partial charge on any atom is -0.346 e. The van der Waals surface area contributed by atoms with Gasteiger partial charge in [0.25, 0.3) is 5.91 Å². The van der Waals surface area contributed by atoms with Gasteiger partial charge >= 0.3 is 0 Å². The Morgan fingerprint density at radius 3 is 2.94 bits per heavy atom. The summed E-state index contributed by atoms with van der Waals surface area (Å²) in [4.78, 5) is 11.8. The number of hydrogen-bond acceptors (Lipinski definition) is 3. The number of carbonyl (C=O) groups is 1. The number of H-pyrrole nitrogens is 1. The number of aryl methyl sites for hydroxylation is 2. The molecule has 0 radical (unpaired) electrons. The molecule has 0 aliphatic rings. The van der Waals surface area contributed by atoms with Crippen molar-refractivity contribution in [3.8, 4) is 0 Å². The lowest BCUT2D eigenvalue weighted by Crippen LogP contribution is -2.23. The smallest absolute Gasteiger partial charge is 0.270 e. The summed E-state index contributed by atoms with van der Waals surface area (Å²) in [6.45, 7) is 5.23. The fraction of sp³-hybridized carbons (Fsp3) is 0.364. The summed E-state index contributed by atoms with van der Waals surface area (Å²) in [7, 11) is 0. The van der Waals surface area contributed by atoms with Crippen molar-refractivity contribution >= 4 is 21.8 Å². The van der Waals surface area contributed by atoms with Crippen molar-refractivity contribution in [1.82, 2.24) is 25.3 Å². The number of aromatic nitrogens is 4. The number of hydrogen-bond donors (Lipinski definition) is 2. The lowest BCUT2D eigenvalue weighted by molar-refractivity contribution is 0.0945. The Morgan fingerprint density at radius 2 is 2.39 bits per heavy atom. The van der Waals surface area contributed by atoms with E-state index in [0.29, 0.717) is 16.7 Å². The van der Waals surface area contributed by atoms with E-state index < -0.39 is 0 Å². The van der Waals surface area contributed by atoms with Gasteiger partial charge in [-0.05, 0) is 29.8 Å². The van der Waals surface area contributed by atoms with Crippen LogP contribution in [0, 0.1) is 6.92 Å². The fourth-order valence-electron chi connectivity index (χ4n) is 1.59. The Bertz CT molecular complexity index is 560. The maximum absolute atomic E-state index is 11.8. The normalized spacial score (nSPS) is 10.6. The summed E-state index contributed by atoms with van der Waals surface area (Å²) >= 11 is 3.25. The number of nitrogens with zero attached hydrogens (tertiary/aromatic N) is 3. The van der Waals surface area contributed by atoms with E-state index in [-0.39, 0.29) is 5.91 Å². The Balaban J connectivity index is 2.01. The number of nitrogens with one attached hydrogen (secondary N) is 2. The van der Waals surface area contributed by atoms with Crippen LogP contribution in [-0.2, 0) is 13.1 Å². The van der Waals surface area contributed by atoms with E-state index in [1.54, 1.807) is 6.20 Å². The molecule has 2 rings (SSSR count). The van der Waals surface area contributed by atoms with Gasteiger partial charge in [-0.15, -0.1) is 0 Å². The van der Waals surface area contributed by atoms with Crippen LogP contribution in [0.5, 0.6) is 0 Å². The van der Waals surface area contributed by atoms with Crippen molar-refractivity contribution in [2.24, 2.45) is 0 Å². The molecule has 0 aromatic carbocycles. The van der Waals surface area contributed by atoms with Crippen LogP contribution in [0.3, 0.4) is 0 Å². The molecule has 18 heavy (non-hydrogen) atoms. The number of carbonyl (C=O) groups excluding carboxylic acids is 1. The van der Waals surface area contributed by atoms with Crippen LogP contribution in [0.15, 0.2) is 16.9 Å². The standard InChI is InChI=1S/C11H14BrN5O/c1-3-17-6-8(7(2)16-17)4-13-11(18)10-9(12)5-14-15-10/h5-6H,3-4H2,1-2H3,(H,13,18)(H,14,15). The molecule has 0 saturated heterocycles. The summed E-state index contributed by atoms with van der Waals surface area (Å²) in [6, 6.07) is 0. The van der Waals surface area contributed by atoms with Gasteiger partial charge in [0, 0.05) is 24.8 Å². The van der Waals surface area contributed by atoms with E-state index in [0.717, 1.165) is 17.8 Å². The maximum atomic E-state index is 11.8. The largest absolute Gasteiger partial charge is 0.346 e. The summed E-state index contributed by atoms with van der Waals surface area (Å²) < 4.78 is 2.50. The first-order chi connectivity index (χ1) is 8.61. The molecule has 0 aliphatic carbocycles. The van der Waals surface area contributed by atoms with Gasteiger partial charge < -0.3 is 5.32 Å². The van der Waals surface area contributed by atoms with E-state index >= 15 is 0 Å². The van der Waals surface area contributed by atoms with Gasteiger partial charge in [0.1, 0.15) is 5.69 Å². The second-order valence-electron chi connectivity index (χ2n) is 3.87. The van der Waals surface area contributed by atoms with E-state index in [1.807, 2.05) is 24.7 Å². The third-order valence-electron chi connectivity index (χ3n) is 2.63. The minimum atomic E-state index is -0.192. The predicted molar refractivity (Wildman–Crippen MR) is 70.1 cm³/mol. The average molecular weight is 312 g/mol. The molecular formula is C11H14BrN5O. The van der Waals surface area contributed by atoms with E-state index in [1.165, 1.54) is 0 Å². The first-order valence-electron chi connectivity index (χ1n) is 5.61. The highest BCUT2D eigenvalue weighted by Gasteiger charge is 2.12. The van der Waals surface area contributed by atoms with Crippen molar-refractivity contribution in [3.63, 3.8) is 0 Å². The average Bonchev–Trinajstić information content (AvgIpc) is 2.92. The molecule has 0 aliphatic heterocycles. The minimum absolute atomic E-state index is 0.192. The molecule has 96 valence electrons. The summed E-state index contributed by atoms with van der Waals surface area (Å²) in [6.07, 6.45) is 3.49. The molecule has 1 amide bonds. The van der Waals surface area contributed by atoms with E-state index in [4.69, 9.17) is 0 Å². The van der Waals surface area contributed by atoms with Gasteiger partial charge in [-0.25, -0.2) is 0 Å². The lowest BCUT2D eigenvalue weighted by Gasteiger charge is -2.02. The molecule has 2 N–H and O–H groups in total. The van der Waals surface area contributed by atoms with Crippen LogP contribution in [0.25, 0.3) is 0 Å². The van der Waals surface area contributed by atoms with E-state index in [2.05, 4.69) is 36.5 Å². The monoisotopic (exact) mass is 311 g/mol. The summed E-state index contributed by atoms with van der Waals surface area (Å²) in [5.74, 6) is -0.192.